The molecule has 0 saturated heterocycles. The number of methoxy groups -OCH3 is 1. The summed E-state index contributed by atoms with van der Waals surface area (Å²) in [7, 11) is 1.60. The van der Waals surface area contributed by atoms with E-state index in [1.165, 1.54) is 30.6 Å². The first-order chi connectivity index (χ1) is 8.63. The monoisotopic (exact) mass is 268 g/mol. The Morgan fingerprint density at radius 2 is 2.22 bits per heavy atom. The van der Waals surface area contributed by atoms with Gasteiger partial charge in [0.25, 0.3) is 5.91 Å². The molecule has 1 aromatic rings. The number of hydrogen-bond donors (Lipinski definition) is 2. The Morgan fingerprint density at radius 1 is 1.50 bits per heavy atom. The highest BCUT2D eigenvalue weighted by molar-refractivity contribution is 7.12. The van der Waals surface area contributed by atoms with Crippen LogP contribution in [0.3, 0.4) is 0 Å². The van der Waals surface area contributed by atoms with Crippen molar-refractivity contribution in [3.8, 4) is 5.75 Å². The van der Waals surface area contributed by atoms with Crippen molar-refractivity contribution < 1.29 is 9.53 Å². The molecule has 0 aromatic carbocycles. The largest absolute Gasteiger partial charge is 0.496 e. The molecule has 1 aromatic heterocycles. The fourth-order valence-corrected chi connectivity index (χ4v) is 3.09. The summed E-state index contributed by atoms with van der Waals surface area (Å²) in [6.45, 7) is 0.562. The lowest BCUT2D eigenvalue weighted by Gasteiger charge is -2.33. The van der Waals surface area contributed by atoms with Crippen LogP contribution >= 0.6 is 11.3 Å². The molecule has 0 unspecified atom stereocenters. The van der Waals surface area contributed by atoms with Crippen LogP contribution in [-0.4, -0.2) is 25.1 Å². The summed E-state index contributed by atoms with van der Waals surface area (Å²) in [6, 6.07) is 1.75. The second kappa shape index (κ2) is 5.71. The van der Waals surface area contributed by atoms with Crippen LogP contribution in [-0.2, 0) is 0 Å². The molecular weight excluding hydrogens is 248 g/mol. The van der Waals surface area contributed by atoms with Crippen molar-refractivity contribution in [2.24, 2.45) is 5.73 Å². The fourth-order valence-electron chi connectivity index (χ4n) is 2.32. The Morgan fingerprint density at radius 3 is 2.83 bits per heavy atom. The number of hydrogen-bond acceptors (Lipinski definition) is 4. The summed E-state index contributed by atoms with van der Waals surface area (Å²) in [5.74, 6) is 0.670. The lowest BCUT2D eigenvalue weighted by Crippen LogP contribution is -2.51. The first-order valence-corrected chi connectivity index (χ1v) is 7.20. The summed E-state index contributed by atoms with van der Waals surface area (Å²) in [4.78, 5) is 12.6. The number of amides is 1. The molecule has 0 radical (unpaired) electrons. The maximum atomic E-state index is 11.9. The summed E-state index contributed by atoms with van der Waals surface area (Å²) in [5.41, 5.74) is 6.07. The van der Waals surface area contributed by atoms with Gasteiger partial charge in [-0.05, 0) is 12.8 Å². The first kappa shape index (κ1) is 13.4. The minimum absolute atomic E-state index is 0.0568. The van der Waals surface area contributed by atoms with E-state index in [1.54, 1.807) is 13.2 Å². The first-order valence-electron chi connectivity index (χ1n) is 6.33. The van der Waals surface area contributed by atoms with E-state index in [0.717, 1.165) is 18.6 Å². The van der Waals surface area contributed by atoms with Crippen LogP contribution in [0.4, 0.5) is 0 Å². The van der Waals surface area contributed by atoms with Gasteiger partial charge in [-0.2, -0.15) is 0 Å². The Balaban J connectivity index is 1.87. The maximum Gasteiger partial charge on any atom is 0.261 e. The van der Waals surface area contributed by atoms with Crippen LogP contribution in [0, 0.1) is 0 Å². The van der Waals surface area contributed by atoms with Crippen LogP contribution in [0.25, 0.3) is 0 Å². The van der Waals surface area contributed by atoms with E-state index in [4.69, 9.17) is 10.5 Å². The van der Waals surface area contributed by atoms with Gasteiger partial charge in [0.15, 0.2) is 0 Å². The zero-order valence-electron chi connectivity index (χ0n) is 10.7. The van der Waals surface area contributed by atoms with Crippen molar-refractivity contribution in [2.75, 3.05) is 13.7 Å². The number of carbonyl (C=O) groups excluding carboxylic acids is 1. The normalized spacial score (nSPS) is 18.3. The molecule has 1 heterocycles. The molecule has 3 N–H and O–H groups in total. The lowest BCUT2D eigenvalue weighted by atomic mass is 9.82. The molecule has 0 atom stereocenters. The van der Waals surface area contributed by atoms with Gasteiger partial charge in [0.05, 0.1) is 12.0 Å². The van der Waals surface area contributed by atoms with Gasteiger partial charge in [0, 0.05) is 23.5 Å². The lowest BCUT2D eigenvalue weighted by molar-refractivity contribution is 0.0941. The van der Waals surface area contributed by atoms with Crippen molar-refractivity contribution in [1.82, 2.24) is 5.32 Å². The molecular formula is C13H20N2O2S. The average molecular weight is 268 g/mol. The van der Waals surface area contributed by atoms with Crippen molar-refractivity contribution in [3.05, 3.63) is 16.3 Å². The topological polar surface area (TPSA) is 64.3 Å². The molecule has 4 nitrogen and oxygen atoms in total. The van der Waals surface area contributed by atoms with E-state index in [1.807, 2.05) is 5.38 Å². The Hall–Kier alpha value is -1.07. The number of nitrogens with two attached hydrogens (primary N) is 1. The van der Waals surface area contributed by atoms with Gasteiger partial charge in [0.1, 0.15) is 5.75 Å². The van der Waals surface area contributed by atoms with Crippen LogP contribution < -0.4 is 15.8 Å². The Labute approximate surface area is 112 Å². The SMILES string of the molecule is COc1csc(C(=O)NCC2(N)CCCCC2)c1. The van der Waals surface area contributed by atoms with Gasteiger partial charge in [-0.25, -0.2) is 0 Å². The molecule has 0 spiro atoms. The summed E-state index contributed by atoms with van der Waals surface area (Å²) < 4.78 is 5.07. The van der Waals surface area contributed by atoms with Gasteiger partial charge in [-0.1, -0.05) is 19.3 Å². The standard InChI is InChI=1S/C13H20N2O2S/c1-17-10-7-11(18-8-10)12(16)15-9-13(14)5-3-2-4-6-13/h7-8H,2-6,9,14H2,1H3,(H,15,16). The molecule has 1 saturated carbocycles. The summed E-state index contributed by atoms with van der Waals surface area (Å²) >= 11 is 1.39. The maximum absolute atomic E-state index is 11.9. The van der Waals surface area contributed by atoms with Gasteiger partial charge < -0.3 is 15.8 Å². The summed E-state index contributed by atoms with van der Waals surface area (Å²) in [6.07, 6.45) is 5.59. The molecule has 2 rings (SSSR count). The van der Waals surface area contributed by atoms with Crippen molar-refractivity contribution in [1.29, 1.82) is 0 Å². The van der Waals surface area contributed by atoms with Crippen molar-refractivity contribution in [2.45, 2.75) is 37.6 Å². The van der Waals surface area contributed by atoms with Crippen LogP contribution in [0.5, 0.6) is 5.75 Å². The molecule has 100 valence electrons. The zero-order chi connectivity index (χ0) is 13.0. The second-order valence-electron chi connectivity index (χ2n) is 4.96. The van der Waals surface area contributed by atoms with E-state index >= 15 is 0 Å². The van der Waals surface area contributed by atoms with Crippen LogP contribution in [0.1, 0.15) is 41.8 Å². The van der Waals surface area contributed by atoms with Crippen molar-refractivity contribution in [3.63, 3.8) is 0 Å². The van der Waals surface area contributed by atoms with E-state index in [9.17, 15) is 4.79 Å². The van der Waals surface area contributed by atoms with Crippen LogP contribution in [0.15, 0.2) is 11.4 Å². The Bertz CT molecular complexity index is 411. The molecule has 1 amide bonds. The fraction of sp³-hybridized carbons (Fsp3) is 0.615. The van der Waals surface area contributed by atoms with E-state index in [-0.39, 0.29) is 11.4 Å². The second-order valence-corrected chi connectivity index (χ2v) is 5.87. The Kier molecular flexibility index (Phi) is 4.24. The smallest absolute Gasteiger partial charge is 0.261 e. The molecule has 5 heteroatoms. The number of ether oxygens (including phenoxy) is 1. The third-order valence-corrected chi connectivity index (χ3v) is 4.39. The molecule has 1 fully saturated rings. The minimum Gasteiger partial charge on any atom is -0.496 e. The number of nitrogens with one attached hydrogen (secondary N) is 1. The van der Waals surface area contributed by atoms with Gasteiger partial charge in [-0.3, -0.25) is 4.79 Å². The molecule has 0 aliphatic heterocycles. The minimum atomic E-state index is -0.213. The number of thiophene rings is 1. The van der Waals surface area contributed by atoms with Gasteiger partial charge >= 0.3 is 0 Å². The highest BCUT2D eigenvalue weighted by Crippen LogP contribution is 2.25. The summed E-state index contributed by atoms with van der Waals surface area (Å²) in [5, 5.41) is 4.76. The van der Waals surface area contributed by atoms with Gasteiger partial charge in [0.2, 0.25) is 0 Å². The quantitative estimate of drug-likeness (QED) is 0.879. The highest BCUT2D eigenvalue weighted by atomic mass is 32.1. The van der Waals surface area contributed by atoms with Crippen molar-refractivity contribution >= 4 is 17.2 Å². The molecule has 1 aliphatic rings. The number of carbonyl (C=O) groups is 1. The van der Waals surface area contributed by atoms with Crippen LogP contribution in [0.2, 0.25) is 0 Å². The van der Waals surface area contributed by atoms with Gasteiger partial charge in [-0.15, -0.1) is 11.3 Å². The third-order valence-electron chi connectivity index (χ3n) is 3.49. The highest BCUT2D eigenvalue weighted by Gasteiger charge is 2.27. The van der Waals surface area contributed by atoms with E-state index < -0.39 is 0 Å². The van der Waals surface area contributed by atoms with E-state index in [2.05, 4.69) is 5.32 Å². The molecule has 0 bridgehead atoms. The molecule has 18 heavy (non-hydrogen) atoms. The predicted molar refractivity (Wildman–Crippen MR) is 73.2 cm³/mol. The predicted octanol–water partition coefficient (Wildman–Crippen LogP) is 2.15. The number of rotatable bonds is 4. The third kappa shape index (κ3) is 3.23. The zero-order valence-corrected chi connectivity index (χ0v) is 11.5. The molecule has 1 aliphatic carbocycles. The van der Waals surface area contributed by atoms with E-state index in [0.29, 0.717) is 11.4 Å². The average Bonchev–Trinajstić information content (AvgIpc) is 2.86.